The number of benzene rings is 1. The highest BCUT2D eigenvalue weighted by Gasteiger charge is 2.16. The van der Waals surface area contributed by atoms with Crippen molar-refractivity contribution in [1.82, 2.24) is 5.32 Å². The Kier molecular flexibility index (Phi) is 7.37. The lowest BCUT2D eigenvalue weighted by Crippen LogP contribution is -2.33. The summed E-state index contributed by atoms with van der Waals surface area (Å²) in [6.07, 6.45) is 7.17. The fourth-order valence-electron chi connectivity index (χ4n) is 3.01. The van der Waals surface area contributed by atoms with E-state index in [1.807, 2.05) is 0 Å². The quantitative estimate of drug-likeness (QED) is 0.771. The zero-order valence-corrected chi connectivity index (χ0v) is 14.1. The Bertz CT molecular complexity index is 412. The first kappa shape index (κ1) is 17.5. The van der Waals surface area contributed by atoms with E-state index in [1.54, 1.807) is 0 Å². The predicted octanol–water partition coefficient (Wildman–Crippen LogP) is 3.61. The molecule has 0 radical (unpaired) electrons. The van der Waals surface area contributed by atoms with Gasteiger partial charge in [-0.05, 0) is 37.3 Å². The molecule has 1 aromatic carbocycles. The number of hydrogen-bond acceptors (Lipinski definition) is 3. The highest BCUT2D eigenvalue weighted by molar-refractivity contribution is 5.24. The first-order chi connectivity index (χ1) is 10.7. The van der Waals surface area contributed by atoms with Crippen molar-refractivity contribution < 1.29 is 9.84 Å². The van der Waals surface area contributed by atoms with E-state index in [0.29, 0.717) is 19.3 Å². The molecule has 0 amide bonds. The largest absolute Gasteiger partial charge is 0.389 e. The first-order valence-corrected chi connectivity index (χ1v) is 8.81. The molecule has 3 heteroatoms. The van der Waals surface area contributed by atoms with E-state index in [4.69, 9.17) is 4.74 Å². The third kappa shape index (κ3) is 5.71. The molecule has 22 heavy (non-hydrogen) atoms. The number of aliphatic hydroxyl groups is 1. The molecule has 3 nitrogen and oxygen atoms in total. The van der Waals surface area contributed by atoms with Gasteiger partial charge >= 0.3 is 0 Å². The van der Waals surface area contributed by atoms with Crippen LogP contribution in [0.25, 0.3) is 0 Å². The van der Waals surface area contributed by atoms with Gasteiger partial charge in [0.25, 0.3) is 0 Å². The number of rotatable bonds is 8. The fourth-order valence-corrected chi connectivity index (χ4v) is 3.01. The molecule has 1 aliphatic carbocycles. The van der Waals surface area contributed by atoms with Crippen LogP contribution in [-0.2, 0) is 11.2 Å². The van der Waals surface area contributed by atoms with Gasteiger partial charge in [-0.1, -0.05) is 50.5 Å². The van der Waals surface area contributed by atoms with Crippen LogP contribution in [-0.4, -0.2) is 30.5 Å². The van der Waals surface area contributed by atoms with Gasteiger partial charge in [0, 0.05) is 12.6 Å². The molecule has 0 bridgehead atoms. The maximum Gasteiger partial charge on any atom is 0.0898 e. The molecule has 124 valence electrons. The van der Waals surface area contributed by atoms with E-state index >= 15 is 0 Å². The van der Waals surface area contributed by atoms with Crippen LogP contribution in [0.3, 0.4) is 0 Å². The Morgan fingerprint density at radius 3 is 2.50 bits per heavy atom. The second-order valence-corrected chi connectivity index (χ2v) is 6.47. The van der Waals surface area contributed by atoms with Gasteiger partial charge in [-0.15, -0.1) is 0 Å². The molecule has 1 aromatic rings. The highest BCUT2D eigenvalue weighted by Crippen LogP contribution is 2.20. The lowest BCUT2D eigenvalue weighted by molar-refractivity contribution is -0.0235. The van der Waals surface area contributed by atoms with E-state index in [1.165, 1.54) is 30.4 Å². The lowest BCUT2D eigenvalue weighted by atomic mass is 9.98. The standard InChI is InChI=1S/C19H31NO2/c1-3-16-9-11-17(12-10-16)15(2)20-13-18(21)14-22-19-7-5-4-6-8-19/h9-12,15,18-21H,3-8,13-14H2,1-2H3. The van der Waals surface area contributed by atoms with Crippen LogP contribution in [0, 0.1) is 0 Å². The van der Waals surface area contributed by atoms with Crippen LogP contribution in [0.1, 0.15) is 63.1 Å². The Morgan fingerprint density at radius 2 is 1.86 bits per heavy atom. The van der Waals surface area contributed by atoms with E-state index in [0.717, 1.165) is 19.3 Å². The maximum absolute atomic E-state index is 10.1. The second-order valence-electron chi connectivity index (χ2n) is 6.47. The predicted molar refractivity (Wildman–Crippen MR) is 91.1 cm³/mol. The monoisotopic (exact) mass is 305 g/mol. The van der Waals surface area contributed by atoms with Crippen molar-refractivity contribution in [1.29, 1.82) is 0 Å². The molecule has 1 aliphatic rings. The van der Waals surface area contributed by atoms with Gasteiger partial charge in [0.1, 0.15) is 0 Å². The Balaban J connectivity index is 1.66. The van der Waals surface area contributed by atoms with Crippen molar-refractivity contribution in [3.63, 3.8) is 0 Å². The number of hydrogen-bond donors (Lipinski definition) is 2. The van der Waals surface area contributed by atoms with E-state index in [-0.39, 0.29) is 6.04 Å². The van der Waals surface area contributed by atoms with Crippen LogP contribution in [0.5, 0.6) is 0 Å². The van der Waals surface area contributed by atoms with Crippen molar-refractivity contribution in [3.8, 4) is 0 Å². The van der Waals surface area contributed by atoms with Gasteiger partial charge in [0.15, 0.2) is 0 Å². The Morgan fingerprint density at radius 1 is 1.18 bits per heavy atom. The molecule has 2 unspecified atom stereocenters. The zero-order chi connectivity index (χ0) is 15.8. The second kappa shape index (κ2) is 9.29. The van der Waals surface area contributed by atoms with Crippen molar-refractivity contribution in [2.75, 3.05) is 13.2 Å². The summed E-state index contributed by atoms with van der Waals surface area (Å²) in [7, 11) is 0. The van der Waals surface area contributed by atoms with Gasteiger partial charge < -0.3 is 15.2 Å². The molecule has 0 spiro atoms. The molecule has 0 saturated heterocycles. The van der Waals surface area contributed by atoms with Gasteiger partial charge in [0.05, 0.1) is 18.8 Å². The first-order valence-electron chi connectivity index (χ1n) is 8.81. The number of aryl methyl sites for hydroxylation is 1. The lowest BCUT2D eigenvalue weighted by Gasteiger charge is -2.24. The molecule has 0 aliphatic heterocycles. The summed E-state index contributed by atoms with van der Waals surface area (Å²) in [5.41, 5.74) is 2.62. The summed E-state index contributed by atoms with van der Waals surface area (Å²) >= 11 is 0. The fraction of sp³-hybridized carbons (Fsp3) is 0.684. The molecular formula is C19H31NO2. The third-order valence-corrected chi connectivity index (χ3v) is 4.62. The summed E-state index contributed by atoms with van der Waals surface area (Å²) < 4.78 is 5.82. The van der Waals surface area contributed by atoms with Crippen LogP contribution in [0.2, 0.25) is 0 Å². The average molecular weight is 305 g/mol. The topological polar surface area (TPSA) is 41.5 Å². The summed E-state index contributed by atoms with van der Waals surface area (Å²) in [6.45, 7) is 5.32. The van der Waals surface area contributed by atoms with E-state index in [2.05, 4.69) is 43.4 Å². The van der Waals surface area contributed by atoms with Gasteiger partial charge in [-0.2, -0.15) is 0 Å². The molecule has 1 fully saturated rings. The Hall–Kier alpha value is -0.900. The van der Waals surface area contributed by atoms with Crippen LogP contribution in [0.15, 0.2) is 24.3 Å². The molecule has 1 saturated carbocycles. The summed E-state index contributed by atoms with van der Waals surface area (Å²) in [5, 5.41) is 13.5. The Labute approximate surface area is 135 Å². The summed E-state index contributed by atoms with van der Waals surface area (Å²) in [5.74, 6) is 0. The van der Waals surface area contributed by atoms with Crippen LogP contribution >= 0.6 is 0 Å². The maximum atomic E-state index is 10.1. The summed E-state index contributed by atoms with van der Waals surface area (Å²) in [6, 6.07) is 8.94. The minimum atomic E-state index is -0.431. The number of ether oxygens (including phenoxy) is 1. The minimum absolute atomic E-state index is 0.246. The van der Waals surface area contributed by atoms with Crippen molar-refractivity contribution in [3.05, 3.63) is 35.4 Å². The summed E-state index contributed by atoms with van der Waals surface area (Å²) in [4.78, 5) is 0. The number of nitrogens with one attached hydrogen (secondary N) is 1. The molecule has 0 heterocycles. The van der Waals surface area contributed by atoms with Crippen LogP contribution in [0.4, 0.5) is 0 Å². The molecule has 2 atom stereocenters. The van der Waals surface area contributed by atoms with Crippen molar-refractivity contribution >= 4 is 0 Å². The SMILES string of the molecule is CCc1ccc(C(C)NCC(O)COC2CCCCC2)cc1. The molecule has 2 N–H and O–H groups in total. The van der Waals surface area contributed by atoms with E-state index in [9.17, 15) is 5.11 Å². The van der Waals surface area contributed by atoms with Gasteiger partial charge in [0.2, 0.25) is 0 Å². The minimum Gasteiger partial charge on any atom is -0.389 e. The van der Waals surface area contributed by atoms with Crippen molar-refractivity contribution in [2.24, 2.45) is 0 Å². The van der Waals surface area contributed by atoms with Gasteiger partial charge in [-0.3, -0.25) is 0 Å². The van der Waals surface area contributed by atoms with E-state index < -0.39 is 6.10 Å². The molecule has 0 aromatic heterocycles. The average Bonchev–Trinajstić information content (AvgIpc) is 2.58. The molecular weight excluding hydrogens is 274 g/mol. The smallest absolute Gasteiger partial charge is 0.0898 e. The third-order valence-electron chi connectivity index (χ3n) is 4.62. The van der Waals surface area contributed by atoms with Gasteiger partial charge in [-0.25, -0.2) is 0 Å². The van der Waals surface area contributed by atoms with Crippen LogP contribution < -0.4 is 5.32 Å². The highest BCUT2D eigenvalue weighted by atomic mass is 16.5. The van der Waals surface area contributed by atoms with Crippen molar-refractivity contribution in [2.45, 2.75) is 70.6 Å². The normalized spacial score (nSPS) is 19.0. The zero-order valence-electron chi connectivity index (χ0n) is 14.1. The number of aliphatic hydroxyl groups excluding tert-OH is 1. The molecule has 2 rings (SSSR count).